The van der Waals surface area contributed by atoms with Crippen molar-refractivity contribution in [2.24, 2.45) is 10.2 Å². The highest BCUT2D eigenvalue weighted by Gasteiger charge is 2.08. The number of methoxy groups -OCH3 is 1. The van der Waals surface area contributed by atoms with Gasteiger partial charge in [-0.15, -0.1) is 5.11 Å². The molecule has 0 saturated heterocycles. The van der Waals surface area contributed by atoms with Crippen molar-refractivity contribution >= 4 is 22.8 Å². The van der Waals surface area contributed by atoms with E-state index in [0.29, 0.717) is 11.3 Å². The molecular weight excluding hydrogens is 350 g/mol. The summed E-state index contributed by atoms with van der Waals surface area (Å²) in [6.07, 6.45) is 0. The van der Waals surface area contributed by atoms with Crippen LogP contribution in [0.5, 0.6) is 5.75 Å². The fraction of sp³-hybridized carbons (Fsp3) is 0.174. The molecule has 0 aromatic heterocycles. The Labute approximate surface area is 165 Å². The van der Waals surface area contributed by atoms with Crippen LogP contribution in [0.3, 0.4) is 0 Å². The quantitative estimate of drug-likeness (QED) is 0.407. The Morgan fingerprint density at radius 2 is 1.57 bits per heavy atom. The Kier molecular flexibility index (Phi) is 6.17. The number of carbonyl (C=O) groups is 1. The summed E-state index contributed by atoms with van der Waals surface area (Å²) in [7, 11) is 1.60. The molecule has 142 valence electrons. The number of azo groups is 1. The van der Waals surface area contributed by atoms with Crippen molar-refractivity contribution in [1.82, 2.24) is 0 Å². The maximum atomic E-state index is 12.4. The Hall–Kier alpha value is -3.47. The molecule has 0 aliphatic carbocycles. The van der Waals surface area contributed by atoms with Crippen molar-refractivity contribution < 1.29 is 9.53 Å². The predicted molar refractivity (Wildman–Crippen MR) is 112 cm³/mol. The van der Waals surface area contributed by atoms with Gasteiger partial charge in [0, 0.05) is 5.56 Å². The van der Waals surface area contributed by atoms with Gasteiger partial charge in [0.25, 0.3) is 0 Å². The number of anilines is 1. The summed E-state index contributed by atoms with van der Waals surface area (Å²) in [4.78, 5) is 12.4. The van der Waals surface area contributed by atoms with Crippen LogP contribution in [0.4, 0.5) is 17.1 Å². The molecule has 0 aliphatic heterocycles. The van der Waals surface area contributed by atoms with E-state index >= 15 is 0 Å². The minimum atomic E-state index is -0.00958. The first-order valence-corrected chi connectivity index (χ1v) is 9.05. The number of ketones is 1. The van der Waals surface area contributed by atoms with Crippen LogP contribution in [0.2, 0.25) is 0 Å². The fourth-order valence-electron chi connectivity index (χ4n) is 2.65. The molecule has 3 rings (SSSR count). The summed E-state index contributed by atoms with van der Waals surface area (Å²) in [5, 5.41) is 11.9. The van der Waals surface area contributed by atoms with Crippen molar-refractivity contribution in [3.63, 3.8) is 0 Å². The SMILES string of the molecule is COc1ccc(C(=O)CNc2ccc(C)cc2N=Nc2ccc(C)cc2)cc1. The van der Waals surface area contributed by atoms with E-state index in [0.717, 1.165) is 22.7 Å². The summed E-state index contributed by atoms with van der Waals surface area (Å²) in [5.74, 6) is 0.714. The number of rotatable bonds is 7. The van der Waals surface area contributed by atoms with Crippen molar-refractivity contribution in [2.75, 3.05) is 19.0 Å². The predicted octanol–water partition coefficient (Wildman–Crippen LogP) is 6.02. The van der Waals surface area contributed by atoms with Crippen LogP contribution in [0.25, 0.3) is 0 Å². The zero-order valence-electron chi connectivity index (χ0n) is 16.3. The van der Waals surface area contributed by atoms with E-state index in [1.807, 2.05) is 56.3 Å². The van der Waals surface area contributed by atoms with Crippen molar-refractivity contribution in [1.29, 1.82) is 0 Å². The molecule has 5 nitrogen and oxygen atoms in total. The molecule has 0 aliphatic rings. The Balaban J connectivity index is 1.72. The lowest BCUT2D eigenvalue weighted by Gasteiger charge is -2.09. The van der Waals surface area contributed by atoms with Crippen LogP contribution in [0.1, 0.15) is 21.5 Å². The molecular formula is C23H23N3O2. The molecule has 0 spiro atoms. The Morgan fingerprint density at radius 1 is 0.893 bits per heavy atom. The molecule has 0 radical (unpaired) electrons. The lowest BCUT2D eigenvalue weighted by molar-refractivity contribution is 0.101. The number of ether oxygens (including phenoxy) is 1. The van der Waals surface area contributed by atoms with Gasteiger partial charge in [0.05, 0.1) is 25.0 Å². The van der Waals surface area contributed by atoms with Crippen LogP contribution in [0.15, 0.2) is 77.0 Å². The van der Waals surface area contributed by atoms with Gasteiger partial charge in [-0.3, -0.25) is 4.79 Å². The molecule has 0 bridgehead atoms. The molecule has 28 heavy (non-hydrogen) atoms. The van der Waals surface area contributed by atoms with E-state index in [2.05, 4.69) is 15.5 Å². The monoisotopic (exact) mass is 373 g/mol. The van der Waals surface area contributed by atoms with Crippen LogP contribution >= 0.6 is 0 Å². The molecule has 0 heterocycles. The van der Waals surface area contributed by atoms with E-state index in [1.54, 1.807) is 31.4 Å². The maximum absolute atomic E-state index is 12.4. The minimum Gasteiger partial charge on any atom is -0.497 e. The topological polar surface area (TPSA) is 63.0 Å². The standard InChI is InChI=1S/C23H23N3O2/c1-16-4-9-19(10-5-16)25-26-22-14-17(2)6-13-21(22)24-15-23(27)18-7-11-20(28-3)12-8-18/h4-14,24H,15H2,1-3H3. The van der Waals surface area contributed by atoms with Crippen LogP contribution in [-0.4, -0.2) is 19.4 Å². The highest BCUT2D eigenvalue weighted by molar-refractivity contribution is 5.99. The molecule has 5 heteroatoms. The first-order chi connectivity index (χ1) is 13.5. The van der Waals surface area contributed by atoms with Crippen molar-refractivity contribution in [3.05, 3.63) is 83.4 Å². The summed E-state index contributed by atoms with van der Waals surface area (Å²) in [5.41, 5.74) is 5.13. The molecule has 0 amide bonds. The zero-order chi connectivity index (χ0) is 19.9. The number of carbonyl (C=O) groups excluding carboxylic acids is 1. The maximum Gasteiger partial charge on any atom is 0.181 e. The van der Waals surface area contributed by atoms with Gasteiger partial charge in [-0.05, 0) is 67.9 Å². The van der Waals surface area contributed by atoms with E-state index < -0.39 is 0 Å². The van der Waals surface area contributed by atoms with Crippen LogP contribution < -0.4 is 10.1 Å². The second kappa shape index (κ2) is 8.95. The highest BCUT2D eigenvalue weighted by atomic mass is 16.5. The van der Waals surface area contributed by atoms with Crippen LogP contribution in [-0.2, 0) is 0 Å². The number of nitrogens with one attached hydrogen (secondary N) is 1. The van der Waals surface area contributed by atoms with E-state index in [1.165, 1.54) is 5.56 Å². The number of nitrogens with zero attached hydrogens (tertiary/aromatic N) is 2. The Bertz CT molecular complexity index is 978. The van der Waals surface area contributed by atoms with E-state index in [9.17, 15) is 4.79 Å². The number of benzene rings is 3. The zero-order valence-corrected chi connectivity index (χ0v) is 16.3. The molecule has 3 aromatic carbocycles. The minimum absolute atomic E-state index is 0.00958. The van der Waals surface area contributed by atoms with Crippen molar-refractivity contribution in [2.45, 2.75) is 13.8 Å². The van der Waals surface area contributed by atoms with Crippen molar-refractivity contribution in [3.8, 4) is 5.75 Å². The molecule has 1 N–H and O–H groups in total. The number of aryl methyl sites for hydroxylation is 2. The van der Waals surface area contributed by atoms with E-state index in [4.69, 9.17) is 4.74 Å². The van der Waals surface area contributed by atoms with Gasteiger partial charge in [0.1, 0.15) is 11.4 Å². The largest absolute Gasteiger partial charge is 0.497 e. The number of Topliss-reactive ketones (excluding diaryl/α,β-unsaturated/α-hetero) is 1. The number of hydrogen-bond acceptors (Lipinski definition) is 5. The summed E-state index contributed by atoms with van der Waals surface area (Å²) < 4.78 is 5.13. The average Bonchev–Trinajstić information content (AvgIpc) is 2.72. The van der Waals surface area contributed by atoms with Gasteiger partial charge >= 0.3 is 0 Å². The first-order valence-electron chi connectivity index (χ1n) is 9.05. The number of hydrogen-bond donors (Lipinski definition) is 1. The summed E-state index contributed by atoms with van der Waals surface area (Å²) >= 11 is 0. The lowest BCUT2D eigenvalue weighted by Crippen LogP contribution is -2.14. The normalized spacial score (nSPS) is 10.8. The third-order valence-corrected chi connectivity index (χ3v) is 4.31. The van der Waals surface area contributed by atoms with Gasteiger partial charge in [-0.25, -0.2) is 0 Å². The van der Waals surface area contributed by atoms with Gasteiger partial charge in [0.2, 0.25) is 0 Å². The Morgan fingerprint density at radius 3 is 2.25 bits per heavy atom. The highest BCUT2D eigenvalue weighted by Crippen LogP contribution is 2.28. The van der Waals surface area contributed by atoms with E-state index in [-0.39, 0.29) is 12.3 Å². The second-order valence-electron chi connectivity index (χ2n) is 6.56. The summed E-state index contributed by atoms with van der Waals surface area (Å²) in [6, 6.07) is 20.8. The second-order valence-corrected chi connectivity index (χ2v) is 6.56. The summed E-state index contributed by atoms with van der Waals surface area (Å²) in [6.45, 7) is 4.20. The molecule has 0 unspecified atom stereocenters. The van der Waals surface area contributed by atoms with Gasteiger partial charge in [-0.1, -0.05) is 23.8 Å². The first kappa shape index (κ1) is 19.3. The third kappa shape index (κ3) is 5.04. The average molecular weight is 373 g/mol. The third-order valence-electron chi connectivity index (χ3n) is 4.31. The molecule has 0 atom stereocenters. The van der Waals surface area contributed by atoms with Gasteiger partial charge in [-0.2, -0.15) is 5.11 Å². The lowest BCUT2D eigenvalue weighted by atomic mass is 10.1. The fourth-order valence-corrected chi connectivity index (χ4v) is 2.65. The van der Waals surface area contributed by atoms with Crippen LogP contribution in [0, 0.1) is 13.8 Å². The van der Waals surface area contributed by atoms with Gasteiger partial charge in [0.15, 0.2) is 5.78 Å². The smallest absolute Gasteiger partial charge is 0.181 e. The molecule has 0 saturated carbocycles. The van der Waals surface area contributed by atoms with Gasteiger partial charge < -0.3 is 10.1 Å². The molecule has 0 fully saturated rings. The molecule has 3 aromatic rings.